The van der Waals surface area contributed by atoms with Gasteiger partial charge in [-0.25, -0.2) is 0 Å². The van der Waals surface area contributed by atoms with Crippen molar-refractivity contribution in [2.75, 3.05) is 11.6 Å². The first-order chi connectivity index (χ1) is 8.74. The van der Waals surface area contributed by atoms with E-state index < -0.39 is 0 Å². The summed E-state index contributed by atoms with van der Waals surface area (Å²) in [6, 6.07) is 7.91. The van der Waals surface area contributed by atoms with Gasteiger partial charge in [-0.3, -0.25) is 0 Å². The van der Waals surface area contributed by atoms with Gasteiger partial charge in [-0.05, 0) is 18.4 Å². The molecule has 0 atom stereocenters. The molecule has 2 aromatic rings. The number of nitrogens with zero attached hydrogens (tertiary/aromatic N) is 3. The summed E-state index contributed by atoms with van der Waals surface area (Å²) in [7, 11) is 0. The van der Waals surface area contributed by atoms with E-state index in [0.717, 1.165) is 10.6 Å². The van der Waals surface area contributed by atoms with Crippen molar-refractivity contribution in [3.8, 4) is 6.07 Å². The number of hydrogen-bond donors (Lipinski definition) is 1. The smallest absolute Gasteiger partial charge is 0.223 e. The van der Waals surface area contributed by atoms with Crippen molar-refractivity contribution in [3.63, 3.8) is 0 Å². The van der Waals surface area contributed by atoms with Crippen LogP contribution in [0.4, 0.5) is 5.69 Å². The van der Waals surface area contributed by atoms with Crippen molar-refractivity contribution in [1.82, 2.24) is 10.1 Å². The lowest BCUT2D eigenvalue weighted by molar-refractivity contribution is 0.388. The van der Waals surface area contributed by atoms with Gasteiger partial charge in [-0.2, -0.15) is 10.2 Å². The second-order valence-electron chi connectivity index (χ2n) is 3.58. The zero-order chi connectivity index (χ0) is 13.0. The second-order valence-corrected chi connectivity index (χ2v) is 4.43. The molecule has 1 heterocycles. The second kappa shape index (κ2) is 5.56. The van der Waals surface area contributed by atoms with Crippen LogP contribution in [0.15, 0.2) is 27.6 Å². The summed E-state index contributed by atoms with van der Waals surface area (Å²) in [6.07, 6.45) is 1.95. The minimum absolute atomic E-state index is 0.434. The van der Waals surface area contributed by atoms with Gasteiger partial charge < -0.3 is 9.84 Å². The van der Waals surface area contributed by atoms with E-state index in [1.165, 1.54) is 0 Å². The van der Waals surface area contributed by atoms with Crippen LogP contribution in [0.1, 0.15) is 17.3 Å². The summed E-state index contributed by atoms with van der Waals surface area (Å²) in [5.74, 6) is 1.11. The van der Waals surface area contributed by atoms with Crippen molar-refractivity contribution in [2.45, 2.75) is 18.4 Å². The molecule has 0 bridgehead atoms. The maximum atomic E-state index is 9.18. The Bertz CT molecular complexity index is 588. The highest BCUT2D eigenvalue weighted by molar-refractivity contribution is 7.98. The molecule has 18 heavy (non-hydrogen) atoms. The molecular weight excluding hydrogens is 248 g/mol. The lowest BCUT2D eigenvalue weighted by Crippen LogP contribution is -2.03. The van der Waals surface area contributed by atoms with E-state index >= 15 is 0 Å². The number of benzene rings is 1. The molecule has 1 aromatic carbocycles. The normalized spacial score (nSPS) is 10.1. The molecule has 0 fully saturated rings. The van der Waals surface area contributed by atoms with Gasteiger partial charge in [0.15, 0.2) is 5.82 Å². The summed E-state index contributed by atoms with van der Waals surface area (Å²) in [5, 5.41) is 16.1. The fraction of sp³-hybridized carbons (Fsp3) is 0.250. The standard InChI is InChI=1S/C12H12N4OS/c1-8-15-12(16-17-8)7-14-10-4-3-5-11(18-2)9(10)6-13/h3-5,14H,7H2,1-2H3. The highest BCUT2D eigenvalue weighted by Gasteiger charge is 2.08. The quantitative estimate of drug-likeness (QED) is 0.852. The molecule has 0 saturated heterocycles. The molecule has 0 unspecified atom stereocenters. The molecular formula is C12H12N4OS. The van der Waals surface area contributed by atoms with Crippen LogP contribution in [0.3, 0.4) is 0 Å². The summed E-state index contributed by atoms with van der Waals surface area (Å²) in [5.41, 5.74) is 1.43. The Kier molecular flexibility index (Phi) is 3.85. The first-order valence-electron chi connectivity index (χ1n) is 5.34. The Labute approximate surface area is 109 Å². The summed E-state index contributed by atoms with van der Waals surface area (Å²) in [4.78, 5) is 5.05. The van der Waals surface area contributed by atoms with Gasteiger partial charge >= 0.3 is 0 Å². The first kappa shape index (κ1) is 12.5. The Balaban J connectivity index is 2.17. The molecule has 1 aromatic heterocycles. The largest absolute Gasteiger partial charge is 0.377 e. The number of hydrogen-bond acceptors (Lipinski definition) is 6. The Hall–Kier alpha value is -2.00. The number of anilines is 1. The van der Waals surface area contributed by atoms with Gasteiger partial charge in [0.25, 0.3) is 0 Å². The molecule has 92 valence electrons. The first-order valence-corrected chi connectivity index (χ1v) is 6.57. The van der Waals surface area contributed by atoms with E-state index in [4.69, 9.17) is 4.52 Å². The van der Waals surface area contributed by atoms with Crippen LogP contribution in [0.5, 0.6) is 0 Å². The van der Waals surface area contributed by atoms with E-state index in [1.807, 2.05) is 24.5 Å². The third-order valence-electron chi connectivity index (χ3n) is 2.36. The van der Waals surface area contributed by atoms with Gasteiger partial charge in [0.05, 0.1) is 17.8 Å². The lowest BCUT2D eigenvalue weighted by atomic mass is 10.2. The van der Waals surface area contributed by atoms with Crippen LogP contribution in [0, 0.1) is 18.3 Å². The van der Waals surface area contributed by atoms with Crippen LogP contribution in [-0.2, 0) is 6.54 Å². The molecule has 1 N–H and O–H groups in total. The highest BCUT2D eigenvalue weighted by atomic mass is 32.2. The average molecular weight is 260 g/mol. The molecule has 0 spiro atoms. The fourth-order valence-corrected chi connectivity index (χ4v) is 2.13. The lowest BCUT2D eigenvalue weighted by Gasteiger charge is -2.08. The molecule has 0 amide bonds. The van der Waals surface area contributed by atoms with Crippen molar-refractivity contribution >= 4 is 17.4 Å². The van der Waals surface area contributed by atoms with Gasteiger partial charge in [-0.1, -0.05) is 11.2 Å². The number of nitriles is 1. The molecule has 6 heteroatoms. The van der Waals surface area contributed by atoms with Gasteiger partial charge in [0.1, 0.15) is 6.07 Å². The third kappa shape index (κ3) is 2.63. The Morgan fingerprint density at radius 3 is 2.94 bits per heavy atom. The fourth-order valence-electron chi connectivity index (χ4n) is 1.55. The number of rotatable bonds is 4. The minimum atomic E-state index is 0.434. The topological polar surface area (TPSA) is 74.7 Å². The summed E-state index contributed by atoms with van der Waals surface area (Å²) >= 11 is 1.55. The van der Waals surface area contributed by atoms with E-state index in [-0.39, 0.29) is 0 Å². The van der Waals surface area contributed by atoms with Gasteiger partial charge in [-0.15, -0.1) is 11.8 Å². The van der Waals surface area contributed by atoms with Crippen LogP contribution in [0.2, 0.25) is 0 Å². The zero-order valence-corrected chi connectivity index (χ0v) is 10.9. The van der Waals surface area contributed by atoms with Crippen molar-refractivity contribution in [1.29, 1.82) is 5.26 Å². The number of thioether (sulfide) groups is 1. The van der Waals surface area contributed by atoms with E-state index in [0.29, 0.717) is 23.8 Å². The van der Waals surface area contributed by atoms with Crippen molar-refractivity contribution in [3.05, 3.63) is 35.5 Å². The maximum Gasteiger partial charge on any atom is 0.223 e. The predicted octanol–water partition coefficient (Wildman–Crippen LogP) is 2.58. The van der Waals surface area contributed by atoms with Crippen LogP contribution in [-0.4, -0.2) is 16.4 Å². The molecule has 5 nitrogen and oxygen atoms in total. The molecule has 0 radical (unpaired) electrons. The van der Waals surface area contributed by atoms with Crippen LogP contribution < -0.4 is 5.32 Å². The Morgan fingerprint density at radius 1 is 1.50 bits per heavy atom. The zero-order valence-electron chi connectivity index (χ0n) is 10.1. The van der Waals surface area contributed by atoms with E-state index in [1.54, 1.807) is 18.7 Å². The number of nitrogens with one attached hydrogen (secondary N) is 1. The third-order valence-corrected chi connectivity index (χ3v) is 3.14. The summed E-state index contributed by atoms with van der Waals surface area (Å²) < 4.78 is 4.88. The number of aryl methyl sites for hydroxylation is 1. The SMILES string of the molecule is CSc1cccc(NCc2noc(C)n2)c1C#N. The predicted molar refractivity (Wildman–Crippen MR) is 69.3 cm³/mol. The molecule has 0 aliphatic heterocycles. The molecule has 2 rings (SSSR count). The van der Waals surface area contributed by atoms with Gasteiger partial charge in [0, 0.05) is 11.8 Å². The molecule has 0 aliphatic rings. The van der Waals surface area contributed by atoms with Crippen molar-refractivity contribution < 1.29 is 4.52 Å². The van der Waals surface area contributed by atoms with Gasteiger partial charge in [0.2, 0.25) is 5.89 Å². The number of aromatic nitrogens is 2. The maximum absolute atomic E-state index is 9.18. The monoisotopic (exact) mass is 260 g/mol. The van der Waals surface area contributed by atoms with Crippen LogP contribution >= 0.6 is 11.8 Å². The summed E-state index contributed by atoms with van der Waals surface area (Å²) in [6.45, 7) is 2.18. The average Bonchev–Trinajstić information content (AvgIpc) is 2.81. The van der Waals surface area contributed by atoms with E-state index in [9.17, 15) is 5.26 Å². The Morgan fingerprint density at radius 2 is 2.33 bits per heavy atom. The minimum Gasteiger partial charge on any atom is -0.377 e. The van der Waals surface area contributed by atoms with Crippen LogP contribution in [0.25, 0.3) is 0 Å². The highest BCUT2D eigenvalue weighted by Crippen LogP contribution is 2.26. The molecule has 0 aliphatic carbocycles. The van der Waals surface area contributed by atoms with Crippen molar-refractivity contribution in [2.24, 2.45) is 0 Å². The van der Waals surface area contributed by atoms with E-state index in [2.05, 4.69) is 21.5 Å². The molecule has 0 saturated carbocycles.